The van der Waals surface area contributed by atoms with E-state index >= 15 is 0 Å². The second-order valence-corrected chi connectivity index (χ2v) is 3.20. The Morgan fingerprint density at radius 3 is 3.00 bits per heavy atom. The van der Waals surface area contributed by atoms with Crippen molar-refractivity contribution in [3.63, 3.8) is 0 Å². The average molecular weight is 206 g/mol. The first-order valence-electron chi connectivity index (χ1n) is 4.38. The summed E-state index contributed by atoms with van der Waals surface area (Å²) in [5.74, 6) is -0.763. The SMILES string of the molecule is [N-]=[N+]=Nc1cc(F)c2c(c1)CCC(=O)N2. The number of benzene rings is 1. The molecule has 0 fully saturated rings. The van der Waals surface area contributed by atoms with Gasteiger partial charge in [0.05, 0.1) is 5.69 Å². The average Bonchev–Trinajstić information content (AvgIpc) is 2.20. The summed E-state index contributed by atoms with van der Waals surface area (Å²) in [6, 6.07) is 2.68. The second-order valence-electron chi connectivity index (χ2n) is 3.20. The summed E-state index contributed by atoms with van der Waals surface area (Å²) in [5, 5.41) is 5.77. The molecule has 1 heterocycles. The molecule has 1 aromatic rings. The number of aryl methyl sites for hydroxylation is 1. The number of carbonyl (C=O) groups excluding carboxylic acids is 1. The van der Waals surface area contributed by atoms with Crippen LogP contribution in [0, 0.1) is 5.82 Å². The van der Waals surface area contributed by atoms with Gasteiger partial charge in [0.1, 0.15) is 5.82 Å². The van der Waals surface area contributed by atoms with Gasteiger partial charge in [0, 0.05) is 17.0 Å². The number of fused-ring (bicyclic) bond motifs is 1. The zero-order valence-corrected chi connectivity index (χ0v) is 7.70. The Bertz CT molecular complexity index is 479. The Morgan fingerprint density at radius 2 is 2.27 bits per heavy atom. The van der Waals surface area contributed by atoms with E-state index in [0.717, 1.165) is 6.07 Å². The quantitative estimate of drug-likeness (QED) is 0.428. The van der Waals surface area contributed by atoms with Gasteiger partial charge in [0.15, 0.2) is 0 Å². The van der Waals surface area contributed by atoms with Crippen LogP contribution in [0.4, 0.5) is 15.8 Å². The van der Waals surface area contributed by atoms with Crippen molar-refractivity contribution in [1.29, 1.82) is 0 Å². The fourth-order valence-corrected chi connectivity index (χ4v) is 1.54. The van der Waals surface area contributed by atoms with E-state index in [9.17, 15) is 9.18 Å². The molecule has 0 radical (unpaired) electrons. The van der Waals surface area contributed by atoms with Crippen molar-refractivity contribution in [2.24, 2.45) is 5.11 Å². The van der Waals surface area contributed by atoms with Crippen LogP contribution >= 0.6 is 0 Å². The van der Waals surface area contributed by atoms with Crippen LogP contribution in [0.15, 0.2) is 17.2 Å². The molecule has 2 rings (SSSR count). The highest BCUT2D eigenvalue weighted by Gasteiger charge is 2.18. The summed E-state index contributed by atoms with van der Waals surface area (Å²) in [6.07, 6.45) is 0.791. The highest BCUT2D eigenvalue weighted by Crippen LogP contribution is 2.30. The Kier molecular flexibility index (Phi) is 2.27. The molecular formula is C9H7FN4O. The molecule has 1 aliphatic rings. The van der Waals surface area contributed by atoms with Crippen molar-refractivity contribution in [2.75, 3.05) is 5.32 Å². The Morgan fingerprint density at radius 1 is 1.47 bits per heavy atom. The topological polar surface area (TPSA) is 77.9 Å². The molecule has 0 aromatic heterocycles. The third-order valence-electron chi connectivity index (χ3n) is 2.20. The van der Waals surface area contributed by atoms with Crippen LogP contribution in [-0.4, -0.2) is 5.91 Å². The van der Waals surface area contributed by atoms with E-state index in [1.807, 2.05) is 0 Å². The summed E-state index contributed by atoms with van der Waals surface area (Å²) in [6.45, 7) is 0. The van der Waals surface area contributed by atoms with Crippen molar-refractivity contribution >= 4 is 17.3 Å². The smallest absolute Gasteiger partial charge is 0.224 e. The zero-order chi connectivity index (χ0) is 10.8. The van der Waals surface area contributed by atoms with Crippen molar-refractivity contribution in [3.05, 3.63) is 34.0 Å². The lowest BCUT2D eigenvalue weighted by atomic mass is 10.0. The Balaban J connectivity index is 2.51. The van der Waals surface area contributed by atoms with E-state index in [2.05, 4.69) is 15.3 Å². The summed E-state index contributed by atoms with van der Waals surface area (Å²) in [5.41, 5.74) is 9.31. The van der Waals surface area contributed by atoms with Gasteiger partial charge in [-0.25, -0.2) is 4.39 Å². The number of rotatable bonds is 1. The minimum atomic E-state index is -0.567. The van der Waals surface area contributed by atoms with Crippen molar-refractivity contribution in [2.45, 2.75) is 12.8 Å². The van der Waals surface area contributed by atoms with Crippen LogP contribution in [0.1, 0.15) is 12.0 Å². The van der Waals surface area contributed by atoms with Gasteiger partial charge in [-0.15, -0.1) is 0 Å². The lowest BCUT2D eigenvalue weighted by molar-refractivity contribution is -0.116. The van der Waals surface area contributed by atoms with Crippen molar-refractivity contribution in [1.82, 2.24) is 0 Å². The molecule has 0 atom stereocenters. The Labute approximate surface area is 84.5 Å². The molecule has 5 nitrogen and oxygen atoms in total. The van der Waals surface area contributed by atoms with Gasteiger partial charge in [-0.05, 0) is 29.6 Å². The molecule has 0 spiro atoms. The highest BCUT2D eigenvalue weighted by atomic mass is 19.1. The molecule has 0 aliphatic carbocycles. The van der Waals surface area contributed by atoms with E-state index in [4.69, 9.17) is 5.53 Å². The van der Waals surface area contributed by atoms with Gasteiger partial charge < -0.3 is 5.32 Å². The van der Waals surface area contributed by atoms with E-state index in [1.54, 1.807) is 6.07 Å². The van der Waals surface area contributed by atoms with Crippen LogP contribution in [0.3, 0.4) is 0 Å². The number of nitrogens with zero attached hydrogens (tertiary/aromatic N) is 3. The fourth-order valence-electron chi connectivity index (χ4n) is 1.54. The molecule has 1 N–H and O–H groups in total. The number of hydrogen-bond donors (Lipinski definition) is 1. The zero-order valence-electron chi connectivity index (χ0n) is 7.70. The van der Waals surface area contributed by atoms with Gasteiger partial charge in [-0.1, -0.05) is 5.11 Å². The molecule has 1 amide bonds. The number of anilines is 1. The van der Waals surface area contributed by atoms with Crippen LogP contribution in [0.2, 0.25) is 0 Å². The molecule has 0 unspecified atom stereocenters. The standard InChI is InChI=1S/C9H7FN4O/c10-7-4-6(13-14-11)3-5-1-2-8(15)12-9(5)7/h3-4H,1-2H2,(H,12,15). The van der Waals surface area contributed by atoms with Crippen LogP contribution in [-0.2, 0) is 11.2 Å². The predicted octanol–water partition coefficient (Wildman–Crippen LogP) is 2.65. The largest absolute Gasteiger partial charge is 0.323 e. The van der Waals surface area contributed by atoms with Gasteiger partial charge >= 0.3 is 0 Å². The molecule has 0 saturated carbocycles. The van der Waals surface area contributed by atoms with Gasteiger partial charge in [0.2, 0.25) is 5.91 Å². The summed E-state index contributed by atoms with van der Waals surface area (Å²) >= 11 is 0. The number of carbonyl (C=O) groups is 1. The lowest BCUT2D eigenvalue weighted by Gasteiger charge is -2.17. The first-order valence-corrected chi connectivity index (χ1v) is 4.38. The molecule has 76 valence electrons. The number of amides is 1. The van der Waals surface area contributed by atoms with Crippen LogP contribution in [0.25, 0.3) is 10.4 Å². The summed E-state index contributed by atoms with van der Waals surface area (Å²) in [4.78, 5) is 13.6. The molecule has 0 bridgehead atoms. The molecular weight excluding hydrogens is 199 g/mol. The molecule has 0 saturated heterocycles. The van der Waals surface area contributed by atoms with Crippen molar-refractivity contribution in [3.8, 4) is 0 Å². The van der Waals surface area contributed by atoms with E-state index in [1.165, 1.54) is 0 Å². The third kappa shape index (κ3) is 1.75. The molecule has 15 heavy (non-hydrogen) atoms. The number of nitrogens with one attached hydrogen (secondary N) is 1. The number of hydrogen-bond acceptors (Lipinski definition) is 2. The monoisotopic (exact) mass is 206 g/mol. The fraction of sp³-hybridized carbons (Fsp3) is 0.222. The first kappa shape index (κ1) is 9.48. The number of halogens is 1. The lowest BCUT2D eigenvalue weighted by Crippen LogP contribution is -2.19. The minimum absolute atomic E-state index is 0.196. The van der Waals surface area contributed by atoms with Gasteiger partial charge in [-0.2, -0.15) is 0 Å². The van der Waals surface area contributed by atoms with E-state index in [-0.39, 0.29) is 17.3 Å². The first-order chi connectivity index (χ1) is 7.20. The number of azide groups is 1. The predicted molar refractivity (Wildman–Crippen MR) is 52.2 cm³/mol. The second kappa shape index (κ2) is 3.59. The highest BCUT2D eigenvalue weighted by molar-refractivity contribution is 5.94. The van der Waals surface area contributed by atoms with Crippen LogP contribution < -0.4 is 5.32 Å². The van der Waals surface area contributed by atoms with E-state index < -0.39 is 5.82 Å². The molecule has 1 aliphatic heterocycles. The van der Waals surface area contributed by atoms with Gasteiger partial charge in [0.25, 0.3) is 0 Å². The normalized spacial score (nSPS) is 13.8. The van der Waals surface area contributed by atoms with Gasteiger partial charge in [-0.3, -0.25) is 4.79 Å². The maximum atomic E-state index is 13.4. The molecule has 1 aromatic carbocycles. The maximum absolute atomic E-state index is 13.4. The maximum Gasteiger partial charge on any atom is 0.224 e. The van der Waals surface area contributed by atoms with Crippen LogP contribution in [0.5, 0.6) is 0 Å². The molecule has 6 heteroatoms. The minimum Gasteiger partial charge on any atom is -0.323 e. The summed E-state index contributed by atoms with van der Waals surface area (Å²) < 4.78 is 13.4. The third-order valence-corrected chi connectivity index (χ3v) is 2.20. The Hall–Kier alpha value is -2.07. The van der Waals surface area contributed by atoms with E-state index in [0.29, 0.717) is 18.4 Å². The summed E-state index contributed by atoms with van der Waals surface area (Å²) in [7, 11) is 0. The van der Waals surface area contributed by atoms with Crippen molar-refractivity contribution < 1.29 is 9.18 Å².